The van der Waals surface area contributed by atoms with Gasteiger partial charge in [0.15, 0.2) is 6.29 Å². The fourth-order valence-corrected chi connectivity index (χ4v) is 5.70. The first-order chi connectivity index (χ1) is 22.7. The van der Waals surface area contributed by atoms with E-state index in [0.29, 0.717) is 0 Å². The van der Waals surface area contributed by atoms with E-state index in [4.69, 9.17) is 23.7 Å². The first-order valence-corrected chi connectivity index (χ1v) is 16.1. The van der Waals surface area contributed by atoms with E-state index in [9.17, 15) is 9.90 Å². The average Bonchev–Trinajstić information content (AvgIpc) is 3.09. The molecule has 6 rings (SSSR count). The Morgan fingerprint density at radius 2 is 1.15 bits per heavy atom. The molecule has 5 aromatic rings. The Balaban J connectivity index is 1.27. The Morgan fingerprint density at radius 1 is 0.638 bits per heavy atom. The average molecular weight is 635 g/mol. The zero-order chi connectivity index (χ0) is 32.8. The van der Waals surface area contributed by atoms with Gasteiger partial charge in [0.05, 0.1) is 25.2 Å². The highest BCUT2D eigenvalue weighted by Gasteiger charge is 2.48. The van der Waals surface area contributed by atoms with Crippen LogP contribution < -0.4 is 0 Å². The molecule has 1 fully saturated rings. The minimum absolute atomic E-state index is 0.157. The molecule has 1 aliphatic heterocycles. The molecule has 5 aromatic carbocycles. The van der Waals surface area contributed by atoms with E-state index in [0.717, 1.165) is 38.2 Å². The Hall–Kier alpha value is -4.11. The summed E-state index contributed by atoms with van der Waals surface area (Å²) < 4.78 is 31.4. The van der Waals surface area contributed by atoms with Crippen molar-refractivity contribution in [1.29, 1.82) is 0 Å². The van der Waals surface area contributed by atoms with Crippen molar-refractivity contribution in [1.82, 2.24) is 0 Å². The fraction of sp³-hybridized carbons (Fsp3) is 0.325. The molecule has 0 spiro atoms. The van der Waals surface area contributed by atoms with Gasteiger partial charge in [-0.1, -0.05) is 103 Å². The number of ether oxygens (including phenoxy) is 5. The standard InChI is InChI=1S/C40H42O7/c1-40(2,3)39(42)46-26-34-35(41)36(43-24-28-17-19-30-13-7-9-15-32(30)21-28)37(38(47-34)45-23-27-11-5-4-6-12-27)44-25-29-18-20-31-14-8-10-16-33(31)22-29/h4-22,34-38,41H,23-26H2,1-3H3/t34-,35-,36+,37-,38-/m1/s1. The Morgan fingerprint density at radius 3 is 1.72 bits per heavy atom. The molecule has 0 unspecified atom stereocenters. The van der Waals surface area contributed by atoms with E-state index >= 15 is 0 Å². The third-order valence-electron chi connectivity index (χ3n) is 8.38. The summed E-state index contributed by atoms with van der Waals surface area (Å²) >= 11 is 0. The van der Waals surface area contributed by atoms with Gasteiger partial charge in [0.1, 0.15) is 31.0 Å². The number of rotatable bonds is 11. The SMILES string of the molecule is CC(C)(C)C(=O)OC[C@H]1O[C@@H](OCc2ccccc2)[C@H](OCc2ccc3ccccc3c2)[C@@H](OCc2ccc3ccccc3c2)[C@@H]1O. The molecule has 47 heavy (non-hydrogen) atoms. The van der Waals surface area contributed by atoms with E-state index in [2.05, 4.69) is 48.5 Å². The lowest BCUT2D eigenvalue weighted by atomic mass is 9.96. The molecule has 7 heteroatoms. The van der Waals surface area contributed by atoms with E-state index in [1.807, 2.05) is 66.7 Å². The van der Waals surface area contributed by atoms with Crippen LogP contribution >= 0.6 is 0 Å². The molecule has 0 amide bonds. The monoisotopic (exact) mass is 634 g/mol. The highest BCUT2D eigenvalue weighted by molar-refractivity contribution is 5.83. The van der Waals surface area contributed by atoms with Gasteiger partial charge in [-0.25, -0.2) is 0 Å². The van der Waals surface area contributed by atoms with Gasteiger partial charge in [-0.2, -0.15) is 0 Å². The third-order valence-corrected chi connectivity index (χ3v) is 8.38. The van der Waals surface area contributed by atoms with Crippen molar-refractivity contribution in [2.24, 2.45) is 5.41 Å². The number of carbonyl (C=O) groups excluding carboxylic acids is 1. The van der Waals surface area contributed by atoms with Crippen LogP contribution in [0.5, 0.6) is 0 Å². The van der Waals surface area contributed by atoms with Gasteiger partial charge in [0.25, 0.3) is 0 Å². The minimum Gasteiger partial charge on any atom is -0.462 e. The van der Waals surface area contributed by atoms with Crippen LogP contribution in [0.1, 0.15) is 37.5 Å². The predicted octanol–water partition coefficient (Wildman–Crippen LogP) is 7.36. The molecular formula is C40H42O7. The highest BCUT2D eigenvalue weighted by Crippen LogP contribution is 2.31. The Labute approximate surface area is 276 Å². The fourth-order valence-electron chi connectivity index (χ4n) is 5.70. The van der Waals surface area contributed by atoms with Crippen molar-refractivity contribution in [3.63, 3.8) is 0 Å². The van der Waals surface area contributed by atoms with E-state index < -0.39 is 42.1 Å². The third kappa shape index (κ3) is 8.25. The number of fused-ring (bicyclic) bond motifs is 2. The summed E-state index contributed by atoms with van der Waals surface area (Å²) in [6.45, 7) is 5.92. The highest BCUT2D eigenvalue weighted by atomic mass is 16.7. The summed E-state index contributed by atoms with van der Waals surface area (Å²) in [5.41, 5.74) is 2.17. The van der Waals surface area contributed by atoms with E-state index in [1.165, 1.54) is 0 Å². The quantitative estimate of drug-likeness (QED) is 0.152. The molecule has 0 aromatic heterocycles. The van der Waals surface area contributed by atoms with Crippen LogP contribution in [0, 0.1) is 5.41 Å². The lowest BCUT2D eigenvalue weighted by molar-refractivity contribution is -0.322. The second-order valence-corrected chi connectivity index (χ2v) is 13.1. The molecule has 1 aliphatic rings. The number of carbonyl (C=O) groups is 1. The molecule has 0 saturated carbocycles. The van der Waals surface area contributed by atoms with Gasteiger partial charge in [-0.3, -0.25) is 4.79 Å². The van der Waals surface area contributed by atoms with Crippen LogP contribution in [-0.4, -0.2) is 48.4 Å². The summed E-state index contributed by atoms with van der Waals surface area (Å²) in [5, 5.41) is 16.2. The molecule has 0 radical (unpaired) electrons. The van der Waals surface area contributed by atoms with Crippen LogP contribution in [0.3, 0.4) is 0 Å². The Bertz CT molecular complexity index is 1780. The molecule has 1 saturated heterocycles. The van der Waals surface area contributed by atoms with Crippen LogP contribution in [0.4, 0.5) is 0 Å². The van der Waals surface area contributed by atoms with Gasteiger partial charge in [0, 0.05) is 0 Å². The summed E-state index contributed by atoms with van der Waals surface area (Å²) in [6.07, 6.45) is -4.63. The van der Waals surface area contributed by atoms with Gasteiger partial charge in [0.2, 0.25) is 0 Å². The lowest BCUT2D eigenvalue weighted by Crippen LogP contribution is -2.61. The number of benzene rings is 5. The van der Waals surface area contributed by atoms with Crippen molar-refractivity contribution in [2.45, 2.75) is 71.3 Å². The van der Waals surface area contributed by atoms with Crippen LogP contribution in [0.2, 0.25) is 0 Å². The number of aliphatic hydroxyl groups excluding tert-OH is 1. The van der Waals surface area contributed by atoms with E-state index in [-0.39, 0.29) is 26.4 Å². The topological polar surface area (TPSA) is 83.5 Å². The summed E-state index contributed by atoms with van der Waals surface area (Å²) in [5.74, 6) is -0.390. The minimum atomic E-state index is -1.17. The molecule has 1 N–H and O–H groups in total. The van der Waals surface area contributed by atoms with Crippen LogP contribution in [-0.2, 0) is 48.3 Å². The van der Waals surface area contributed by atoms with Gasteiger partial charge >= 0.3 is 5.97 Å². The number of aliphatic hydroxyl groups is 1. The van der Waals surface area contributed by atoms with Crippen molar-refractivity contribution in [3.8, 4) is 0 Å². The largest absolute Gasteiger partial charge is 0.462 e. The van der Waals surface area contributed by atoms with E-state index in [1.54, 1.807) is 20.8 Å². The molecule has 1 heterocycles. The second kappa shape index (κ2) is 14.8. The maximum absolute atomic E-state index is 12.7. The first-order valence-electron chi connectivity index (χ1n) is 16.1. The van der Waals surface area contributed by atoms with Gasteiger partial charge in [-0.15, -0.1) is 0 Å². The zero-order valence-corrected chi connectivity index (χ0v) is 27.1. The predicted molar refractivity (Wildman–Crippen MR) is 181 cm³/mol. The molecule has 0 bridgehead atoms. The Kier molecular flexibility index (Phi) is 10.3. The van der Waals surface area contributed by atoms with Crippen molar-refractivity contribution < 1.29 is 33.6 Å². The molecule has 244 valence electrons. The number of hydrogen-bond donors (Lipinski definition) is 1. The normalized spacial score (nSPS) is 21.6. The van der Waals surface area contributed by atoms with Crippen LogP contribution in [0.15, 0.2) is 115 Å². The first kappa shape index (κ1) is 32.8. The maximum Gasteiger partial charge on any atom is 0.311 e. The summed E-state index contributed by atoms with van der Waals surface area (Å²) in [7, 11) is 0. The van der Waals surface area contributed by atoms with Gasteiger partial charge in [-0.05, 0) is 71.1 Å². The zero-order valence-electron chi connectivity index (χ0n) is 27.1. The number of esters is 1. The van der Waals surface area contributed by atoms with Gasteiger partial charge < -0.3 is 28.8 Å². The second-order valence-electron chi connectivity index (χ2n) is 13.1. The van der Waals surface area contributed by atoms with Crippen molar-refractivity contribution in [3.05, 3.63) is 132 Å². The van der Waals surface area contributed by atoms with Crippen LogP contribution in [0.25, 0.3) is 21.5 Å². The van der Waals surface area contributed by atoms with Crippen molar-refractivity contribution >= 4 is 27.5 Å². The summed E-state index contributed by atoms with van der Waals surface area (Å²) in [4.78, 5) is 12.7. The molecule has 5 atom stereocenters. The molecule has 7 nitrogen and oxygen atoms in total. The van der Waals surface area contributed by atoms with Crippen molar-refractivity contribution in [2.75, 3.05) is 6.61 Å². The maximum atomic E-state index is 12.7. The molecule has 0 aliphatic carbocycles. The number of hydrogen-bond acceptors (Lipinski definition) is 7. The smallest absolute Gasteiger partial charge is 0.311 e. The summed E-state index contributed by atoms with van der Waals surface area (Å²) in [6, 6.07) is 38.4. The lowest BCUT2D eigenvalue weighted by Gasteiger charge is -2.44. The molecular weight excluding hydrogens is 592 g/mol.